The van der Waals surface area contributed by atoms with E-state index in [1.807, 2.05) is 0 Å². The fraction of sp³-hybridized carbons (Fsp3) is 0.593. The summed E-state index contributed by atoms with van der Waals surface area (Å²) >= 11 is 0. The molecule has 1 heterocycles. The summed E-state index contributed by atoms with van der Waals surface area (Å²) in [5.41, 5.74) is 5.88. The molecule has 0 unspecified atom stereocenters. The number of carbonyl (C=O) groups excluding carboxylic acids is 3. The van der Waals surface area contributed by atoms with E-state index in [2.05, 4.69) is 5.32 Å². The van der Waals surface area contributed by atoms with Crippen molar-refractivity contribution in [2.45, 2.75) is 82.5 Å². The standard InChI is InChI=1S/C27H34F6N4O3/c1-15(22(36-26(40)27(31,32)33)25(39)37-12-10-17(11-13-37)23(29)30)18-8-9-20(19(28)14-18)35-24(38)21(34)16-6-4-2-3-5-7-16/h8-9,14-16,21-22H,2-7,10-13,34H2,1H3,(H,35,38)(H,36,40)/t15-,21-,22+/m0/s1. The molecule has 1 aromatic rings. The highest BCUT2D eigenvalue weighted by Crippen LogP contribution is 2.29. The Bertz CT molecular complexity index is 1100. The lowest BCUT2D eigenvalue weighted by atomic mass is 9.90. The fourth-order valence-corrected chi connectivity index (χ4v) is 5.21. The number of alkyl halides is 3. The van der Waals surface area contributed by atoms with Crippen molar-refractivity contribution in [3.8, 4) is 0 Å². The van der Waals surface area contributed by atoms with Crippen LogP contribution in [0.5, 0.6) is 0 Å². The minimum absolute atomic E-state index is 0.0309. The third-order valence-electron chi connectivity index (χ3n) is 7.74. The van der Waals surface area contributed by atoms with E-state index in [4.69, 9.17) is 5.73 Å². The van der Waals surface area contributed by atoms with Crippen LogP contribution in [-0.2, 0) is 14.4 Å². The van der Waals surface area contributed by atoms with E-state index in [0.29, 0.717) is 0 Å². The third kappa shape index (κ3) is 7.98. The number of nitrogens with two attached hydrogens (primary N) is 1. The van der Waals surface area contributed by atoms with Crippen LogP contribution in [0.3, 0.4) is 0 Å². The zero-order valence-electron chi connectivity index (χ0n) is 22.1. The van der Waals surface area contributed by atoms with E-state index in [1.54, 1.807) is 5.32 Å². The number of likely N-dealkylation sites (tertiary alicyclic amines) is 1. The number of anilines is 1. The number of piperidine rings is 1. The van der Waals surface area contributed by atoms with Crippen molar-refractivity contribution in [3.63, 3.8) is 0 Å². The number of hydrogen-bond acceptors (Lipinski definition) is 4. The molecule has 4 N–H and O–H groups in total. The SMILES string of the molecule is C[C@@H](c1ccc(NC(=O)[C@@H](N)C2CCCCCC2)c(F)c1)[C@@H](NC(=O)C(F)(F)F)C(=O)N1CCC(=C(F)F)CC1. The van der Waals surface area contributed by atoms with Gasteiger partial charge in [0.1, 0.15) is 11.9 Å². The number of carbonyl (C=O) groups is 3. The van der Waals surface area contributed by atoms with Gasteiger partial charge >= 0.3 is 12.1 Å². The van der Waals surface area contributed by atoms with Crippen LogP contribution in [0, 0.1) is 11.7 Å². The van der Waals surface area contributed by atoms with Gasteiger partial charge in [0, 0.05) is 19.0 Å². The molecule has 1 saturated heterocycles. The molecule has 1 saturated carbocycles. The summed E-state index contributed by atoms with van der Waals surface area (Å²) < 4.78 is 80.0. The first-order chi connectivity index (χ1) is 18.8. The van der Waals surface area contributed by atoms with Crippen LogP contribution in [0.1, 0.15) is 69.8 Å². The number of amides is 3. The zero-order valence-corrected chi connectivity index (χ0v) is 22.1. The van der Waals surface area contributed by atoms with Gasteiger partial charge < -0.3 is 21.3 Å². The summed E-state index contributed by atoms with van der Waals surface area (Å²) in [7, 11) is 0. The van der Waals surface area contributed by atoms with Crippen molar-refractivity contribution in [3.05, 3.63) is 41.2 Å². The van der Waals surface area contributed by atoms with Crippen LogP contribution in [0.4, 0.5) is 32.0 Å². The molecule has 3 amide bonds. The molecular weight excluding hydrogens is 542 g/mol. The van der Waals surface area contributed by atoms with Crippen LogP contribution < -0.4 is 16.4 Å². The van der Waals surface area contributed by atoms with Gasteiger partial charge in [0.05, 0.1) is 11.7 Å². The van der Waals surface area contributed by atoms with Gasteiger partial charge in [-0.25, -0.2) is 4.39 Å². The Kier molecular flexibility index (Phi) is 10.6. The van der Waals surface area contributed by atoms with Gasteiger partial charge in [0.25, 0.3) is 6.08 Å². The second kappa shape index (κ2) is 13.5. The Morgan fingerprint density at radius 1 is 1.02 bits per heavy atom. The maximum atomic E-state index is 15.0. The van der Waals surface area contributed by atoms with Crippen molar-refractivity contribution < 1.29 is 40.7 Å². The molecule has 13 heteroatoms. The van der Waals surface area contributed by atoms with E-state index < -0.39 is 53.8 Å². The summed E-state index contributed by atoms with van der Waals surface area (Å²) in [4.78, 5) is 38.7. The van der Waals surface area contributed by atoms with Crippen molar-refractivity contribution in [2.75, 3.05) is 18.4 Å². The molecule has 7 nitrogen and oxygen atoms in total. The van der Waals surface area contributed by atoms with Gasteiger partial charge in [0.2, 0.25) is 11.8 Å². The molecule has 40 heavy (non-hydrogen) atoms. The Balaban J connectivity index is 1.77. The number of rotatable bonds is 7. The van der Waals surface area contributed by atoms with Crippen LogP contribution >= 0.6 is 0 Å². The highest BCUT2D eigenvalue weighted by molar-refractivity contribution is 5.95. The molecule has 0 radical (unpaired) electrons. The smallest absolute Gasteiger partial charge is 0.340 e. The molecule has 0 spiro atoms. The Hall–Kier alpha value is -3.09. The topological polar surface area (TPSA) is 105 Å². The minimum Gasteiger partial charge on any atom is -0.340 e. The normalized spacial score (nSPS) is 19.3. The van der Waals surface area contributed by atoms with Gasteiger partial charge in [-0.2, -0.15) is 22.0 Å². The van der Waals surface area contributed by atoms with Crippen LogP contribution in [0.25, 0.3) is 0 Å². The Morgan fingerprint density at radius 3 is 2.15 bits per heavy atom. The molecule has 222 valence electrons. The minimum atomic E-state index is -5.29. The fourth-order valence-electron chi connectivity index (χ4n) is 5.21. The molecule has 3 rings (SSSR count). The molecule has 0 bridgehead atoms. The van der Waals surface area contributed by atoms with Crippen LogP contribution in [0.2, 0.25) is 0 Å². The van der Waals surface area contributed by atoms with Crippen molar-refractivity contribution >= 4 is 23.4 Å². The summed E-state index contributed by atoms with van der Waals surface area (Å²) in [5, 5.41) is 4.15. The average molecular weight is 577 g/mol. The molecule has 1 aliphatic carbocycles. The van der Waals surface area contributed by atoms with E-state index in [9.17, 15) is 36.3 Å². The molecule has 2 fully saturated rings. The van der Waals surface area contributed by atoms with Crippen molar-refractivity contribution in [1.29, 1.82) is 0 Å². The van der Waals surface area contributed by atoms with Gasteiger partial charge in [-0.05, 0) is 54.9 Å². The van der Waals surface area contributed by atoms with Gasteiger partial charge in [-0.15, -0.1) is 0 Å². The molecular formula is C27H34F6N4O3. The van der Waals surface area contributed by atoms with Crippen molar-refractivity contribution in [2.24, 2.45) is 11.7 Å². The Morgan fingerprint density at radius 2 is 1.62 bits per heavy atom. The molecule has 0 aromatic heterocycles. The molecule has 3 atom stereocenters. The lowest BCUT2D eigenvalue weighted by Crippen LogP contribution is -2.54. The predicted molar refractivity (Wildman–Crippen MR) is 136 cm³/mol. The predicted octanol–water partition coefficient (Wildman–Crippen LogP) is 4.99. The number of hydrogen-bond donors (Lipinski definition) is 3. The largest absolute Gasteiger partial charge is 0.471 e. The van der Waals surface area contributed by atoms with Crippen LogP contribution in [0.15, 0.2) is 29.9 Å². The first-order valence-corrected chi connectivity index (χ1v) is 13.3. The number of nitrogens with zero attached hydrogens (tertiary/aromatic N) is 1. The summed E-state index contributed by atoms with van der Waals surface area (Å²) in [5.74, 6) is -5.89. The maximum absolute atomic E-state index is 15.0. The Labute approximate surface area is 228 Å². The van der Waals surface area contributed by atoms with Gasteiger partial charge in [0.15, 0.2) is 0 Å². The maximum Gasteiger partial charge on any atom is 0.471 e. The average Bonchev–Trinajstić information content (AvgIpc) is 3.20. The number of benzene rings is 1. The number of nitrogens with one attached hydrogen (secondary N) is 2. The summed E-state index contributed by atoms with van der Waals surface area (Å²) in [6, 6.07) is 0.927. The van der Waals surface area contributed by atoms with E-state index in [1.165, 1.54) is 19.1 Å². The molecule has 1 aliphatic heterocycles. The molecule has 2 aliphatic rings. The zero-order chi connectivity index (χ0) is 29.6. The lowest BCUT2D eigenvalue weighted by Gasteiger charge is -2.34. The lowest BCUT2D eigenvalue weighted by molar-refractivity contribution is -0.175. The first-order valence-electron chi connectivity index (χ1n) is 13.3. The molecule has 1 aromatic carbocycles. The summed E-state index contributed by atoms with van der Waals surface area (Å²) in [6.45, 7) is 0.999. The third-order valence-corrected chi connectivity index (χ3v) is 7.74. The highest BCUT2D eigenvalue weighted by Gasteiger charge is 2.43. The van der Waals surface area contributed by atoms with Gasteiger partial charge in [-0.3, -0.25) is 14.4 Å². The van der Waals surface area contributed by atoms with Crippen LogP contribution in [-0.4, -0.2) is 54.0 Å². The second-order valence-electron chi connectivity index (χ2n) is 10.4. The quantitative estimate of drug-likeness (QED) is 0.315. The van der Waals surface area contributed by atoms with E-state index >= 15 is 4.39 Å². The van der Waals surface area contributed by atoms with E-state index in [0.717, 1.165) is 49.5 Å². The summed E-state index contributed by atoms with van der Waals surface area (Å²) in [6.07, 6.45) is -1.82. The van der Waals surface area contributed by atoms with E-state index in [-0.39, 0.29) is 48.7 Å². The van der Waals surface area contributed by atoms with Crippen molar-refractivity contribution in [1.82, 2.24) is 10.2 Å². The first kappa shape index (κ1) is 31.4. The monoisotopic (exact) mass is 576 g/mol. The number of halogens is 6. The second-order valence-corrected chi connectivity index (χ2v) is 10.4. The van der Waals surface area contributed by atoms with Gasteiger partial charge in [-0.1, -0.05) is 38.7 Å². The highest BCUT2D eigenvalue weighted by atomic mass is 19.4.